The molecule has 0 radical (unpaired) electrons. The van der Waals surface area contributed by atoms with Gasteiger partial charge in [0, 0.05) is 30.0 Å². The lowest BCUT2D eigenvalue weighted by Gasteiger charge is -2.08. The maximum absolute atomic E-state index is 13.4. The SMILES string of the molecule is Fc1ccc(Br)cc1OCCNCc1cccnc1. The lowest BCUT2D eigenvalue weighted by atomic mass is 10.3. The number of hydrogen-bond donors (Lipinski definition) is 1. The highest BCUT2D eigenvalue weighted by atomic mass is 79.9. The molecule has 0 aliphatic carbocycles. The summed E-state index contributed by atoms with van der Waals surface area (Å²) < 4.78 is 19.5. The number of nitrogens with zero attached hydrogens (tertiary/aromatic N) is 1. The monoisotopic (exact) mass is 324 g/mol. The van der Waals surface area contributed by atoms with Crippen molar-refractivity contribution < 1.29 is 9.13 Å². The van der Waals surface area contributed by atoms with E-state index in [0.29, 0.717) is 13.2 Å². The van der Waals surface area contributed by atoms with Crippen molar-refractivity contribution in [1.82, 2.24) is 10.3 Å². The van der Waals surface area contributed by atoms with Crippen LogP contribution >= 0.6 is 15.9 Å². The third-order valence-corrected chi connectivity index (χ3v) is 2.97. The minimum atomic E-state index is -0.351. The van der Waals surface area contributed by atoms with Gasteiger partial charge in [0.2, 0.25) is 0 Å². The summed E-state index contributed by atoms with van der Waals surface area (Å²) in [6.45, 7) is 1.77. The van der Waals surface area contributed by atoms with E-state index in [4.69, 9.17) is 4.74 Å². The van der Waals surface area contributed by atoms with E-state index in [-0.39, 0.29) is 11.6 Å². The smallest absolute Gasteiger partial charge is 0.165 e. The average molecular weight is 325 g/mol. The van der Waals surface area contributed by atoms with E-state index in [1.54, 1.807) is 18.3 Å². The highest BCUT2D eigenvalue weighted by Crippen LogP contribution is 2.21. The van der Waals surface area contributed by atoms with Crippen LogP contribution in [-0.4, -0.2) is 18.1 Å². The highest BCUT2D eigenvalue weighted by molar-refractivity contribution is 9.10. The Balaban J connectivity index is 1.71. The summed E-state index contributed by atoms with van der Waals surface area (Å²) in [6, 6.07) is 8.53. The Morgan fingerprint density at radius 3 is 3.00 bits per heavy atom. The van der Waals surface area contributed by atoms with Gasteiger partial charge in [0.1, 0.15) is 6.61 Å². The van der Waals surface area contributed by atoms with E-state index in [1.807, 2.05) is 18.3 Å². The summed E-state index contributed by atoms with van der Waals surface area (Å²) >= 11 is 3.28. The first-order chi connectivity index (χ1) is 9.25. The predicted octanol–water partition coefficient (Wildman–Crippen LogP) is 3.15. The molecule has 0 fully saturated rings. The number of ether oxygens (including phenoxy) is 1. The van der Waals surface area contributed by atoms with Crippen LogP contribution in [-0.2, 0) is 6.54 Å². The number of pyridine rings is 1. The van der Waals surface area contributed by atoms with Crippen LogP contribution < -0.4 is 10.1 Å². The van der Waals surface area contributed by atoms with Crippen molar-refractivity contribution in [3.05, 3.63) is 58.6 Å². The van der Waals surface area contributed by atoms with Crippen molar-refractivity contribution in [2.45, 2.75) is 6.54 Å². The first kappa shape index (κ1) is 14.0. The first-order valence-corrected chi connectivity index (χ1v) is 6.72. The molecule has 0 spiro atoms. The molecule has 1 heterocycles. The number of halogens is 2. The van der Waals surface area contributed by atoms with Gasteiger partial charge >= 0.3 is 0 Å². The van der Waals surface area contributed by atoms with Gasteiger partial charge in [-0.2, -0.15) is 0 Å². The van der Waals surface area contributed by atoms with Gasteiger partial charge < -0.3 is 10.1 Å². The fourth-order valence-corrected chi connectivity index (χ4v) is 1.90. The van der Waals surface area contributed by atoms with E-state index >= 15 is 0 Å². The van der Waals surface area contributed by atoms with Crippen molar-refractivity contribution in [1.29, 1.82) is 0 Å². The Bertz CT molecular complexity index is 522. The molecule has 0 aliphatic heterocycles. The first-order valence-electron chi connectivity index (χ1n) is 5.93. The molecule has 1 aromatic heterocycles. The molecule has 3 nitrogen and oxygen atoms in total. The summed E-state index contributed by atoms with van der Waals surface area (Å²) in [6.07, 6.45) is 3.55. The van der Waals surface area contributed by atoms with Crippen LogP contribution in [0.3, 0.4) is 0 Å². The molecular weight excluding hydrogens is 311 g/mol. The lowest BCUT2D eigenvalue weighted by molar-refractivity contribution is 0.298. The van der Waals surface area contributed by atoms with Crippen LogP contribution in [0.15, 0.2) is 47.2 Å². The Morgan fingerprint density at radius 1 is 1.32 bits per heavy atom. The second-order valence-electron chi connectivity index (χ2n) is 3.96. The lowest BCUT2D eigenvalue weighted by Crippen LogP contribution is -2.20. The van der Waals surface area contributed by atoms with Crippen molar-refractivity contribution in [2.24, 2.45) is 0 Å². The maximum atomic E-state index is 13.4. The minimum Gasteiger partial charge on any atom is -0.489 e. The van der Waals surface area contributed by atoms with Gasteiger partial charge in [-0.3, -0.25) is 4.98 Å². The molecule has 0 saturated heterocycles. The Morgan fingerprint density at radius 2 is 2.21 bits per heavy atom. The third-order valence-electron chi connectivity index (χ3n) is 2.48. The molecule has 2 aromatic rings. The van der Waals surface area contributed by atoms with E-state index < -0.39 is 0 Å². The number of rotatable bonds is 6. The molecule has 0 bridgehead atoms. The fourth-order valence-electron chi connectivity index (χ4n) is 1.56. The molecule has 0 atom stereocenters. The molecule has 0 unspecified atom stereocenters. The van der Waals surface area contributed by atoms with Gasteiger partial charge in [-0.25, -0.2) is 4.39 Å². The molecule has 5 heteroatoms. The molecule has 19 heavy (non-hydrogen) atoms. The number of aromatic nitrogens is 1. The molecular formula is C14H14BrFN2O. The second kappa shape index (κ2) is 7.21. The minimum absolute atomic E-state index is 0.262. The number of benzene rings is 1. The van der Waals surface area contributed by atoms with Gasteiger partial charge in [0.05, 0.1) is 0 Å². The molecule has 2 rings (SSSR count). The summed E-state index contributed by atoms with van der Waals surface area (Å²) in [5.41, 5.74) is 1.11. The highest BCUT2D eigenvalue weighted by Gasteiger charge is 2.03. The van der Waals surface area contributed by atoms with E-state index in [2.05, 4.69) is 26.2 Å². The van der Waals surface area contributed by atoms with Crippen LogP contribution in [0.5, 0.6) is 5.75 Å². The zero-order chi connectivity index (χ0) is 13.5. The number of nitrogens with one attached hydrogen (secondary N) is 1. The van der Waals surface area contributed by atoms with E-state index in [1.165, 1.54) is 6.07 Å². The van der Waals surface area contributed by atoms with Gasteiger partial charge in [-0.1, -0.05) is 22.0 Å². The van der Waals surface area contributed by atoms with Gasteiger partial charge in [0.15, 0.2) is 11.6 Å². The Labute approximate surface area is 119 Å². The molecule has 1 aromatic carbocycles. The van der Waals surface area contributed by atoms with Crippen LogP contribution in [0.1, 0.15) is 5.56 Å². The summed E-state index contributed by atoms with van der Waals surface area (Å²) in [7, 11) is 0. The standard InChI is InChI=1S/C14H14BrFN2O/c15-12-3-4-13(16)14(8-12)19-7-6-18-10-11-2-1-5-17-9-11/h1-5,8-9,18H,6-7,10H2. The quantitative estimate of drug-likeness (QED) is 0.829. The molecule has 0 amide bonds. The number of hydrogen-bond acceptors (Lipinski definition) is 3. The predicted molar refractivity (Wildman–Crippen MR) is 75.5 cm³/mol. The van der Waals surface area contributed by atoms with E-state index in [9.17, 15) is 4.39 Å². The summed E-state index contributed by atoms with van der Waals surface area (Å²) in [4.78, 5) is 4.03. The van der Waals surface area contributed by atoms with Crippen molar-refractivity contribution >= 4 is 15.9 Å². The van der Waals surface area contributed by atoms with Crippen molar-refractivity contribution in [3.8, 4) is 5.75 Å². The van der Waals surface area contributed by atoms with Crippen molar-refractivity contribution in [2.75, 3.05) is 13.2 Å². The third kappa shape index (κ3) is 4.61. The summed E-state index contributed by atoms with van der Waals surface area (Å²) in [5.74, 6) is -0.0898. The van der Waals surface area contributed by atoms with Gasteiger partial charge in [-0.05, 0) is 29.8 Å². The van der Waals surface area contributed by atoms with Gasteiger partial charge in [0.25, 0.3) is 0 Å². The molecule has 0 saturated carbocycles. The fraction of sp³-hybridized carbons (Fsp3) is 0.214. The van der Waals surface area contributed by atoms with Crippen molar-refractivity contribution in [3.63, 3.8) is 0 Å². The van der Waals surface area contributed by atoms with Crippen LogP contribution in [0.2, 0.25) is 0 Å². The Kier molecular flexibility index (Phi) is 5.30. The van der Waals surface area contributed by atoms with Crippen LogP contribution in [0, 0.1) is 5.82 Å². The molecule has 100 valence electrons. The average Bonchev–Trinajstić information content (AvgIpc) is 2.43. The summed E-state index contributed by atoms with van der Waals surface area (Å²) in [5, 5.41) is 3.21. The zero-order valence-electron chi connectivity index (χ0n) is 10.3. The van der Waals surface area contributed by atoms with Crippen LogP contribution in [0.4, 0.5) is 4.39 Å². The topological polar surface area (TPSA) is 34.1 Å². The normalized spacial score (nSPS) is 10.4. The second-order valence-corrected chi connectivity index (χ2v) is 4.88. The van der Waals surface area contributed by atoms with E-state index in [0.717, 1.165) is 16.6 Å². The van der Waals surface area contributed by atoms with Gasteiger partial charge in [-0.15, -0.1) is 0 Å². The van der Waals surface area contributed by atoms with Crippen LogP contribution in [0.25, 0.3) is 0 Å². The zero-order valence-corrected chi connectivity index (χ0v) is 11.9. The molecule has 1 N–H and O–H groups in total. The molecule has 0 aliphatic rings. The maximum Gasteiger partial charge on any atom is 0.165 e. The Hall–Kier alpha value is -1.46. The largest absolute Gasteiger partial charge is 0.489 e.